The first-order valence-corrected chi connectivity index (χ1v) is 8.53. The maximum absolute atomic E-state index is 12.0. The minimum Gasteiger partial charge on any atom is -0.338 e. The zero-order valence-corrected chi connectivity index (χ0v) is 15.0. The van der Waals surface area contributed by atoms with Gasteiger partial charge in [-0.05, 0) is 43.7 Å². The Bertz CT molecular complexity index is 529. The molecule has 2 N–H and O–H groups in total. The molecule has 128 valence electrons. The molecule has 1 atom stereocenters. The van der Waals surface area contributed by atoms with E-state index in [4.69, 9.17) is 11.6 Å². The van der Waals surface area contributed by atoms with Crippen LogP contribution in [-0.2, 0) is 0 Å². The summed E-state index contributed by atoms with van der Waals surface area (Å²) >= 11 is 5.92. The molecule has 23 heavy (non-hydrogen) atoms. The van der Waals surface area contributed by atoms with Crippen molar-refractivity contribution in [3.63, 3.8) is 0 Å². The third kappa shape index (κ3) is 6.01. The molecule has 0 spiro atoms. The number of carbonyl (C=O) groups excluding carboxylic acids is 1. The molecule has 6 heteroatoms. The predicted molar refractivity (Wildman–Crippen MR) is 96.3 cm³/mol. The van der Waals surface area contributed by atoms with E-state index >= 15 is 0 Å². The number of nitrogens with zero attached hydrogens (tertiary/aromatic N) is 2. The maximum atomic E-state index is 12.0. The van der Waals surface area contributed by atoms with E-state index in [1.54, 1.807) is 6.07 Å². The van der Waals surface area contributed by atoms with Gasteiger partial charge in [-0.3, -0.25) is 0 Å². The second-order valence-corrected chi connectivity index (χ2v) is 6.94. The van der Waals surface area contributed by atoms with Crippen LogP contribution in [0.2, 0.25) is 5.02 Å². The van der Waals surface area contributed by atoms with Crippen molar-refractivity contribution in [2.24, 2.45) is 5.92 Å². The minimum absolute atomic E-state index is 0.166. The number of piperazine rings is 1. The lowest BCUT2D eigenvalue weighted by Crippen LogP contribution is -2.47. The van der Waals surface area contributed by atoms with Crippen molar-refractivity contribution in [3.05, 3.63) is 28.8 Å². The Morgan fingerprint density at radius 3 is 2.65 bits per heavy atom. The Balaban J connectivity index is 1.71. The molecule has 0 radical (unpaired) electrons. The van der Waals surface area contributed by atoms with Gasteiger partial charge in [0.05, 0.1) is 0 Å². The fourth-order valence-electron chi connectivity index (χ4n) is 2.74. The molecule has 1 heterocycles. The molecule has 1 saturated heterocycles. The van der Waals surface area contributed by atoms with Gasteiger partial charge in [0.1, 0.15) is 0 Å². The lowest BCUT2D eigenvalue weighted by Gasteiger charge is -2.33. The lowest BCUT2D eigenvalue weighted by atomic mass is 10.1. The molecule has 1 aliphatic heterocycles. The van der Waals surface area contributed by atoms with Crippen molar-refractivity contribution in [1.82, 2.24) is 15.1 Å². The van der Waals surface area contributed by atoms with Gasteiger partial charge in [0.25, 0.3) is 0 Å². The number of hydrogen-bond donors (Lipinski definition) is 2. The van der Waals surface area contributed by atoms with Gasteiger partial charge in [-0.25, -0.2) is 4.79 Å². The van der Waals surface area contributed by atoms with Crippen molar-refractivity contribution in [1.29, 1.82) is 0 Å². The minimum atomic E-state index is -0.166. The summed E-state index contributed by atoms with van der Waals surface area (Å²) in [5.41, 5.74) is 1.75. The third-order valence-corrected chi connectivity index (χ3v) is 4.45. The Morgan fingerprint density at radius 2 is 2.00 bits per heavy atom. The van der Waals surface area contributed by atoms with Gasteiger partial charge in [-0.15, -0.1) is 0 Å². The average molecular weight is 339 g/mol. The summed E-state index contributed by atoms with van der Waals surface area (Å²) in [6.07, 6.45) is 0. The highest BCUT2D eigenvalue weighted by molar-refractivity contribution is 6.30. The van der Waals surface area contributed by atoms with E-state index in [-0.39, 0.29) is 6.03 Å². The van der Waals surface area contributed by atoms with Crippen LogP contribution in [0.3, 0.4) is 0 Å². The van der Waals surface area contributed by atoms with Crippen molar-refractivity contribution < 1.29 is 4.79 Å². The summed E-state index contributed by atoms with van der Waals surface area (Å²) in [6.45, 7) is 10.3. The van der Waals surface area contributed by atoms with E-state index in [0.717, 1.165) is 44.0 Å². The molecule has 1 aromatic carbocycles. The van der Waals surface area contributed by atoms with Crippen LogP contribution < -0.4 is 10.6 Å². The number of halogens is 1. The van der Waals surface area contributed by atoms with Gasteiger partial charge < -0.3 is 20.4 Å². The zero-order chi connectivity index (χ0) is 16.8. The Morgan fingerprint density at radius 1 is 1.30 bits per heavy atom. The van der Waals surface area contributed by atoms with Gasteiger partial charge in [0.2, 0.25) is 0 Å². The van der Waals surface area contributed by atoms with Crippen LogP contribution in [0, 0.1) is 12.8 Å². The standard InChI is InChI=1S/C17H27ClN4O/c1-13(12-22-8-6-21(3)7-9-22)11-19-17(23)20-16-5-4-15(18)10-14(16)2/h4-5,10,13H,6-9,11-12H2,1-3H3,(H2,19,20,23). The first-order valence-electron chi connectivity index (χ1n) is 8.16. The number of hydrogen-bond acceptors (Lipinski definition) is 3. The van der Waals surface area contributed by atoms with Crippen LogP contribution in [0.15, 0.2) is 18.2 Å². The summed E-state index contributed by atoms with van der Waals surface area (Å²) in [7, 11) is 2.16. The molecule has 0 bridgehead atoms. The van der Waals surface area contributed by atoms with Crippen LogP contribution >= 0.6 is 11.6 Å². The van der Waals surface area contributed by atoms with E-state index in [9.17, 15) is 4.79 Å². The summed E-state index contributed by atoms with van der Waals surface area (Å²) in [6, 6.07) is 5.28. The van der Waals surface area contributed by atoms with Crippen LogP contribution in [-0.4, -0.2) is 62.1 Å². The average Bonchev–Trinajstić information content (AvgIpc) is 2.50. The summed E-state index contributed by atoms with van der Waals surface area (Å²) in [4.78, 5) is 16.8. The molecule has 1 fully saturated rings. The molecular weight excluding hydrogens is 312 g/mol. The number of anilines is 1. The highest BCUT2D eigenvalue weighted by atomic mass is 35.5. The number of rotatable bonds is 5. The van der Waals surface area contributed by atoms with Gasteiger partial charge in [0.15, 0.2) is 0 Å². The largest absolute Gasteiger partial charge is 0.338 e. The second kappa shape index (κ2) is 8.52. The molecule has 1 unspecified atom stereocenters. The SMILES string of the molecule is Cc1cc(Cl)ccc1NC(=O)NCC(C)CN1CCN(C)CC1. The predicted octanol–water partition coefficient (Wildman–Crippen LogP) is 2.65. The Kier molecular flexibility index (Phi) is 6.69. The maximum Gasteiger partial charge on any atom is 0.319 e. The van der Waals surface area contributed by atoms with Gasteiger partial charge in [-0.2, -0.15) is 0 Å². The topological polar surface area (TPSA) is 47.6 Å². The summed E-state index contributed by atoms with van der Waals surface area (Å²) in [5.74, 6) is 0.426. The monoisotopic (exact) mass is 338 g/mol. The highest BCUT2D eigenvalue weighted by Crippen LogP contribution is 2.19. The van der Waals surface area contributed by atoms with Crippen LogP contribution in [0.4, 0.5) is 10.5 Å². The molecule has 0 saturated carbocycles. The molecule has 2 amide bonds. The molecule has 5 nitrogen and oxygen atoms in total. The normalized spacial score (nSPS) is 17.7. The van der Waals surface area contributed by atoms with Gasteiger partial charge >= 0.3 is 6.03 Å². The van der Waals surface area contributed by atoms with Crippen molar-refractivity contribution in [2.45, 2.75) is 13.8 Å². The number of nitrogens with one attached hydrogen (secondary N) is 2. The van der Waals surface area contributed by atoms with E-state index in [0.29, 0.717) is 17.5 Å². The molecule has 1 aliphatic rings. The molecule has 2 rings (SSSR count). The Labute approximate surface area is 144 Å². The van der Waals surface area contributed by atoms with Crippen LogP contribution in [0.25, 0.3) is 0 Å². The van der Waals surface area contributed by atoms with E-state index in [2.05, 4.69) is 34.4 Å². The van der Waals surface area contributed by atoms with Crippen molar-refractivity contribution >= 4 is 23.3 Å². The van der Waals surface area contributed by atoms with Gasteiger partial charge in [0, 0.05) is 50.0 Å². The highest BCUT2D eigenvalue weighted by Gasteiger charge is 2.16. The lowest BCUT2D eigenvalue weighted by molar-refractivity contribution is 0.138. The number of likely N-dealkylation sites (N-methyl/N-ethyl adjacent to an activating group) is 1. The number of urea groups is 1. The summed E-state index contributed by atoms with van der Waals surface area (Å²) < 4.78 is 0. The molecule has 1 aromatic rings. The zero-order valence-electron chi connectivity index (χ0n) is 14.2. The second-order valence-electron chi connectivity index (χ2n) is 6.50. The number of carbonyl (C=O) groups is 1. The first-order chi connectivity index (χ1) is 10.9. The smallest absolute Gasteiger partial charge is 0.319 e. The molecular formula is C17H27ClN4O. The third-order valence-electron chi connectivity index (χ3n) is 4.21. The fourth-order valence-corrected chi connectivity index (χ4v) is 2.96. The summed E-state index contributed by atoms with van der Waals surface area (Å²) in [5, 5.41) is 6.50. The van der Waals surface area contributed by atoms with Gasteiger partial charge in [-0.1, -0.05) is 18.5 Å². The molecule has 0 aliphatic carbocycles. The van der Waals surface area contributed by atoms with Crippen molar-refractivity contribution in [2.75, 3.05) is 51.6 Å². The van der Waals surface area contributed by atoms with E-state index in [1.807, 2.05) is 19.1 Å². The molecule has 0 aromatic heterocycles. The van der Waals surface area contributed by atoms with E-state index in [1.165, 1.54) is 0 Å². The quantitative estimate of drug-likeness (QED) is 0.867. The van der Waals surface area contributed by atoms with Crippen LogP contribution in [0.1, 0.15) is 12.5 Å². The number of aryl methyl sites for hydroxylation is 1. The Hall–Kier alpha value is -1.30. The first kappa shape index (κ1) is 18.0. The fraction of sp³-hybridized carbons (Fsp3) is 0.588. The van der Waals surface area contributed by atoms with E-state index < -0.39 is 0 Å². The van der Waals surface area contributed by atoms with Crippen molar-refractivity contribution in [3.8, 4) is 0 Å². The van der Waals surface area contributed by atoms with Crippen LogP contribution in [0.5, 0.6) is 0 Å². The number of benzene rings is 1. The number of amides is 2.